The van der Waals surface area contributed by atoms with Gasteiger partial charge in [-0.15, -0.1) is 0 Å². The topological polar surface area (TPSA) is 64.7 Å². The number of rotatable bonds is 4. The van der Waals surface area contributed by atoms with Crippen LogP contribution in [0.25, 0.3) is 99.8 Å². The minimum absolute atomic E-state index is 0.612. The number of benzene rings is 8. The largest absolute Gasteiger partial charge is 0.435 e. The standard InChI is InChI=1S/C44H26N4O/c1-3-12-30(13-4-1)41-46-42(35-19-9-16-27-11-7-8-17-32(27)35)48-43(47-41)36-20-10-18-34-33(36)25-23-28-21-22-29-24-26-37-40(39(29)38(28)34)49-44(45-37)31-14-5-2-6-15-31/h1-26H. The van der Waals surface area contributed by atoms with Crippen molar-refractivity contribution >= 4 is 54.2 Å². The predicted octanol–water partition coefficient (Wildman–Crippen LogP) is 11.3. The van der Waals surface area contributed by atoms with Gasteiger partial charge in [0.05, 0.1) is 0 Å². The normalized spacial score (nSPS) is 11.7. The van der Waals surface area contributed by atoms with Crippen molar-refractivity contribution in [2.75, 3.05) is 0 Å². The molecule has 0 unspecified atom stereocenters. The summed E-state index contributed by atoms with van der Waals surface area (Å²) in [5, 5.41) is 8.77. The summed E-state index contributed by atoms with van der Waals surface area (Å²) < 4.78 is 6.56. The Kier molecular flexibility index (Phi) is 6.11. The molecule has 2 heterocycles. The second-order valence-corrected chi connectivity index (χ2v) is 12.2. The molecule has 0 spiro atoms. The van der Waals surface area contributed by atoms with Crippen LogP contribution in [0.3, 0.4) is 0 Å². The van der Waals surface area contributed by atoms with Gasteiger partial charge in [-0.2, -0.15) is 0 Å². The third kappa shape index (κ3) is 4.48. The Morgan fingerprint density at radius 2 is 0.918 bits per heavy atom. The molecule has 0 radical (unpaired) electrons. The molecule has 0 aliphatic rings. The summed E-state index contributed by atoms with van der Waals surface area (Å²) in [6, 6.07) is 54.0. The first kappa shape index (κ1) is 27.4. The summed E-state index contributed by atoms with van der Waals surface area (Å²) in [6.07, 6.45) is 0. The van der Waals surface area contributed by atoms with E-state index in [4.69, 9.17) is 24.4 Å². The lowest BCUT2D eigenvalue weighted by Gasteiger charge is -2.13. The molecule has 0 N–H and O–H groups in total. The molecule has 0 amide bonds. The lowest BCUT2D eigenvalue weighted by Crippen LogP contribution is -2.01. The highest BCUT2D eigenvalue weighted by Crippen LogP contribution is 2.40. The molecule has 10 aromatic rings. The van der Waals surface area contributed by atoms with Crippen LogP contribution < -0.4 is 0 Å². The van der Waals surface area contributed by atoms with Crippen molar-refractivity contribution in [2.24, 2.45) is 0 Å². The molecule has 228 valence electrons. The molecule has 5 nitrogen and oxygen atoms in total. The zero-order chi connectivity index (χ0) is 32.3. The summed E-state index contributed by atoms with van der Waals surface area (Å²) in [7, 11) is 0. The molecule has 5 heteroatoms. The second-order valence-electron chi connectivity index (χ2n) is 12.2. The van der Waals surface area contributed by atoms with Gasteiger partial charge in [0.2, 0.25) is 5.89 Å². The van der Waals surface area contributed by atoms with E-state index in [9.17, 15) is 0 Å². The molecule has 49 heavy (non-hydrogen) atoms. The quantitative estimate of drug-likeness (QED) is 0.182. The lowest BCUT2D eigenvalue weighted by atomic mass is 9.93. The third-order valence-electron chi connectivity index (χ3n) is 9.34. The first-order valence-electron chi connectivity index (χ1n) is 16.3. The van der Waals surface area contributed by atoms with Crippen LogP contribution in [0.4, 0.5) is 0 Å². The van der Waals surface area contributed by atoms with E-state index in [-0.39, 0.29) is 0 Å². The minimum Gasteiger partial charge on any atom is -0.435 e. The van der Waals surface area contributed by atoms with E-state index in [0.29, 0.717) is 23.4 Å². The van der Waals surface area contributed by atoms with Crippen LogP contribution >= 0.6 is 0 Å². The van der Waals surface area contributed by atoms with E-state index in [1.165, 1.54) is 0 Å². The summed E-state index contributed by atoms with van der Waals surface area (Å²) in [5.41, 5.74) is 5.41. The van der Waals surface area contributed by atoms with Gasteiger partial charge in [-0.1, -0.05) is 140 Å². The Bertz CT molecular complexity index is 2870. The van der Waals surface area contributed by atoms with Crippen LogP contribution in [-0.4, -0.2) is 19.9 Å². The highest BCUT2D eigenvalue weighted by molar-refractivity contribution is 6.27. The molecule has 8 aromatic carbocycles. The number of oxazole rings is 1. The average Bonchev–Trinajstić information content (AvgIpc) is 3.63. The van der Waals surface area contributed by atoms with Gasteiger partial charge in [0.1, 0.15) is 5.52 Å². The van der Waals surface area contributed by atoms with Crippen molar-refractivity contribution in [1.29, 1.82) is 0 Å². The number of hydrogen-bond donors (Lipinski definition) is 0. The van der Waals surface area contributed by atoms with Gasteiger partial charge in [-0.25, -0.2) is 19.9 Å². The van der Waals surface area contributed by atoms with Gasteiger partial charge in [0.25, 0.3) is 0 Å². The van der Waals surface area contributed by atoms with Crippen molar-refractivity contribution in [1.82, 2.24) is 19.9 Å². The van der Waals surface area contributed by atoms with Crippen molar-refractivity contribution in [3.05, 3.63) is 158 Å². The Labute approximate surface area is 281 Å². The van der Waals surface area contributed by atoms with Gasteiger partial charge in [0, 0.05) is 33.0 Å². The monoisotopic (exact) mass is 626 g/mol. The Hall–Kier alpha value is -6.72. The molecule has 0 bridgehead atoms. The molecule has 0 fully saturated rings. The molecule has 0 aliphatic heterocycles. The highest BCUT2D eigenvalue weighted by atomic mass is 16.3. The van der Waals surface area contributed by atoms with Crippen molar-refractivity contribution in [3.63, 3.8) is 0 Å². The van der Waals surface area contributed by atoms with Crippen LogP contribution in [0.5, 0.6) is 0 Å². The predicted molar refractivity (Wildman–Crippen MR) is 199 cm³/mol. The number of hydrogen-bond acceptors (Lipinski definition) is 5. The molecular weight excluding hydrogens is 601 g/mol. The van der Waals surface area contributed by atoms with Crippen molar-refractivity contribution < 1.29 is 4.42 Å². The van der Waals surface area contributed by atoms with Gasteiger partial charge in [-0.3, -0.25) is 0 Å². The summed E-state index contributed by atoms with van der Waals surface area (Å²) in [4.78, 5) is 20.2. The Morgan fingerprint density at radius 3 is 1.71 bits per heavy atom. The summed E-state index contributed by atoms with van der Waals surface area (Å²) >= 11 is 0. The number of fused-ring (bicyclic) bond motifs is 8. The first-order chi connectivity index (χ1) is 24.3. The fraction of sp³-hybridized carbons (Fsp3) is 0. The molecule has 0 aliphatic carbocycles. The second kappa shape index (κ2) is 10.9. The van der Waals surface area contributed by atoms with Gasteiger partial charge >= 0.3 is 0 Å². The smallest absolute Gasteiger partial charge is 0.227 e. The number of aromatic nitrogens is 4. The van der Waals surface area contributed by atoms with E-state index in [0.717, 1.165) is 76.4 Å². The van der Waals surface area contributed by atoms with Gasteiger partial charge < -0.3 is 4.42 Å². The molecule has 0 atom stereocenters. The van der Waals surface area contributed by atoms with Crippen molar-refractivity contribution in [2.45, 2.75) is 0 Å². The summed E-state index contributed by atoms with van der Waals surface area (Å²) in [5.74, 6) is 2.51. The van der Waals surface area contributed by atoms with E-state index in [1.54, 1.807) is 0 Å². The van der Waals surface area contributed by atoms with Crippen molar-refractivity contribution in [3.8, 4) is 45.6 Å². The highest BCUT2D eigenvalue weighted by Gasteiger charge is 2.19. The van der Waals surface area contributed by atoms with Gasteiger partial charge in [-0.05, 0) is 50.5 Å². The molecule has 10 rings (SSSR count). The first-order valence-corrected chi connectivity index (χ1v) is 16.3. The molecule has 0 saturated carbocycles. The maximum Gasteiger partial charge on any atom is 0.227 e. The summed E-state index contributed by atoms with van der Waals surface area (Å²) in [6.45, 7) is 0. The molecular formula is C44H26N4O. The van der Waals surface area contributed by atoms with Gasteiger partial charge in [0.15, 0.2) is 23.1 Å². The zero-order valence-electron chi connectivity index (χ0n) is 26.2. The fourth-order valence-corrected chi connectivity index (χ4v) is 7.03. The average molecular weight is 627 g/mol. The maximum absolute atomic E-state index is 6.56. The fourth-order valence-electron chi connectivity index (χ4n) is 7.03. The minimum atomic E-state index is 0.612. The maximum atomic E-state index is 6.56. The van der Waals surface area contributed by atoms with E-state index >= 15 is 0 Å². The SMILES string of the molecule is c1ccc(-c2nc(-c3cccc4ccccc34)nc(-c3cccc4c3ccc3ccc5ccc6nc(-c7ccccc7)oc6c5c34)n2)cc1. The van der Waals surface area contributed by atoms with Crippen LogP contribution in [0.15, 0.2) is 162 Å². The number of nitrogens with zero attached hydrogens (tertiary/aromatic N) is 4. The van der Waals surface area contributed by atoms with Crippen LogP contribution in [0.2, 0.25) is 0 Å². The molecule has 0 saturated heterocycles. The van der Waals surface area contributed by atoms with E-state index in [2.05, 4.69) is 91.0 Å². The Morgan fingerprint density at radius 1 is 0.347 bits per heavy atom. The van der Waals surface area contributed by atoms with E-state index in [1.807, 2.05) is 66.7 Å². The Balaban J connectivity index is 1.25. The van der Waals surface area contributed by atoms with Crippen LogP contribution in [0.1, 0.15) is 0 Å². The molecule has 2 aromatic heterocycles. The van der Waals surface area contributed by atoms with Crippen LogP contribution in [0, 0.1) is 0 Å². The zero-order valence-corrected chi connectivity index (χ0v) is 26.2. The van der Waals surface area contributed by atoms with Crippen LogP contribution in [-0.2, 0) is 0 Å². The van der Waals surface area contributed by atoms with E-state index < -0.39 is 0 Å². The lowest BCUT2D eigenvalue weighted by molar-refractivity contribution is 0.623. The third-order valence-corrected chi connectivity index (χ3v) is 9.34.